The second-order valence-electron chi connectivity index (χ2n) is 8.14. The molecule has 2 aliphatic heterocycles. The number of anilines is 3. The van der Waals surface area contributed by atoms with Crippen LogP contribution in [-0.2, 0) is 6.54 Å². The van der Waals surface area contributed by atoms with Crippen LogP contribution in [0.15, 0.2) is 23.1 Å². The molecule has 0 radical (unpaired) electrons. The Hall–Kier alpha value is -2.74. The van der Waals surface area contributed by atoms with Gasteiger partial charge < -0.3 is 19.9 Å². The van der Waals surface area contributed by atoms with E-state index in [9.17, 15) is 4.79 Å². The van der Waals surface area contributed by atoms with Crippen molar-refractivity contribution in [2.24, 2.45) is 11.8 Å². The highest BCUT2D eigenvalue weighted by Gasteiger charge is 2.24. The number of nitrogens with one attached hydrogen (secondary N) is 2. The zero-order chi connectivity index (χ0) is 20.1. The molecule has 5 rings (SSSR count). The lowest BCUT2D eigenvalue weighted by Gasteiger charge is -2.35. The molecule has 3 aromatic rings. The number of hydrogen-bond donors (Lipinski definition) is 2. The van der Waals surface area contributed by atoms with Crippen LogP contribution in [0.2, 0.25) is 5.02 Å². The lowest BCUT2D eigenvalue weighted by Crippen LogP contribution is -2.39. The first kappa shape index (κ1) is 18.3. The summed E-state index contributed by atoms with van der Waals surface area (Å²) in [5.41, 5.74) is 2.13. The lowest BCUT2D eigenvalue weighted by molar-refractivity contribution is 0.285. The number of ether oxygens (including phenoxy) is 1. The Labute approximate surface area is 172 Å². The van der Waals surface area contributed by atoms with Crippen LogP contribution >= 0.6 is 11.6 Å². The van der Waals surface area contributed by atoms with Gasteiger partial charge in [0.25, 0.3) is 0 Å². The molecule has 4 heterocycles. The Morgan fingerprint density at radius 1 is 1.28 bits per heavy atom. The average molecular weight is 415 g/mol. The maximum Gasteiger partial charge on any atom is 0.326 e. The number of aromatic amines is 1. The van der Waals surface area contributed by atoms with Crippen molar-refractivity contribution >= 4 is 40.1 Å². The number of H-pyrrole nitrogens is 1. The van der Waals surface area contributed by atoms with E-state index < -0.39 is 0 Å². The Morgan fingerprint density at radius 3 is 2.86 bits per heavy atom. The first-order valence-corrected chi connectivity index (χ1v) is 10.3. The van der Waals surface area contributed by atoms with Gasteiger partial charge in [0, 0.05) is 24.8 Å². The van der Waals surface area contributed by atoms with E-state index in [1.807, 2.05) is 12.1 Å². The largest absolute Gasteiger partial charge is 0.489 e. The second-order valence-corrected chi connectivity index (χ2v) is 8.55. The SMILES string of the molecule is C[C@@H]1C[C@H](C)CN(c2ncc(Cl)c(Nc3cc4c5c(c3)[nH]c(=O)n5CCO4)n2)C1. The molecule has 1 aromatic carbocycles. The van der Waals surface area contributed by atoms with E-state index in [4.69, 9.17) is 16.3 Å². The fraction of sp³-hybridized carbons (Fsp3) is 0.450. The number of rotatable bonds is 3. The topological polar surface area (TPSA) is 88.1 Å². The Kier molecular flexibility index (Phi) is 4.38. The molecule has 152 valence electrons. The molecule has 2 aromatic heterocycles. The van der Waals surface area contributed by atoms with Crippen molar-refractivity contribution in [3.05, 3.63) is 33.8 Å². The van der Waals surface area contributed by atoms with Crippen LogP contribution in [-0.4, -0.2) is 39.2 Å². The van der Waals surface area contributed by atoms with Crippen molar-refractivity contribution in [2.75, 3.05) is 29.9 Å². The summed E-state index contributed by atoms with van der Waals surface area (Å²) >= 11 is 6.38. The third-order valence-electron chi connectivity index (χ3n) is 5.55. The van der Waals surface area contributed by atoms with E-state index in [2.05, 4.69) is 39.0 Å². The minimum atomic E-state index is -0.127. The minimum absolute atomic E-state index is 0.127. The van der Waals surface area contributed by atoms with Gasteiger partial charge in [0.15, 0.2) is 5.82 Å². The van der Waals surface area contributed by atoms with Gasteiger partial charge in [-0.1, -0.05) is 25.4 Å². The van der Waals surface area contributed by atoms with Gasteiger partial charge in [-0.3, -0.25) is 4.57 Å². The maximum atomic E-state index is 12.1. The van der Waals surface area contributed by atoms with Crippen molar-refractivity contribution < 1.29 is 4.74 Å². The van der Waals surface area contributed by atoms with Crippen molar-refractivity contribution in [1.29, 1.82) is 0 Å². The molecular formula is C20H23ClN6O2. The normalized spacial score (nSPS) is 21.3. The molecule has 0 saturated carbocycles. The van der Waals surface area contributed by atoms with Crippen molar-refractivity contribution in [3.8, 4) is 5.75 Å². The van der Waals surface area contributed by atoms with Crippen LogP contribution in [0.1, 0.15) is 20.3 Å². The summed E-state index contributed by atoms with van der Waals surface area (Å²) in [6.45, 7) is 7.39. The van der Waals surface area contributed by atoms with Crippen LogP contribution < -0.4 is 20.6 Å². The Morgan fingerprint density at radius 2 is 2.07 bits per heavy atom. The summed E-state index contributed by atoms with van der Waals surface area (Å²) < 4.78 is 7.47. The molecule has 2 aliphatic rings. The van der Waals surface area contributed by atoms with Gasteiger partial charge in [0.1, 0.15) is 22.9 Å². The monoisotopic (exact) mass is 414 g/mol. The van der Waals surface area contributed by atoms with E-state index in [0.29, 0.717) is 47.5 Å². The number of hydrogen-bond acceptors (Lipinski definition) is 6. The van der Waals surface area contributed by atoms with Gasteiger partial charge in [0.05, 0.1) is 18.3 Å². The third kappa shape index (κ3) is 3.31. The number of halogens is 1. The predicted octanol–water partition coefficient (Wildman–Crippen LogP) is 3.39. The van der Waals surface area contributed by atoms with Crippen molar-refractivity contribution in [2.45, 2.75) is 26.8 Å². The molecule has 0 spiro atoms. The average Bonchev–Trinajstić information content (AvgIpc) is 3.00. The molecule has 2 atom stereocenters. The molecule has 1 fully saturated rings. The maximum absolute atomic E-state index is 12.1. The molecule has 1 saturated heterocycles. The molecule has 29 heavy (non-hydrogen) atoms. The van der Waals surface area contributed by atoms with Gasteiger partial charge in [0.2, 0.25) is 5.95 Å². The zero-order valence-electron chi connectivity index (χ0n) is 16.4. The minimum Gasteiger partial charge on any atom is -0.489 e. The van der Waals surface area contributed by atoms with E-state index >= 15 is 0 Å². The quantitative estimate of drug-likeness (QED) is 0.683. The predicted molar refractivity (Wildman–Crippen MR) is 114 cm³/mol. The third-order valence-corrected chi connectivity index (χ3v) is 5.83. The number of nitrogens with zero attached hydrogens (tertiary/aromatic N) is 4. The van der Waals surface area contributed by atoms with E-state index in [1.165, 1.54) is 6.42 Å². The van der Waals surface area contributed by atoms with Crippen LogP contribution in [0.5, 0.6) is 5.75 Å². The van der Waals surface area contributed by atoms with Crippen LogP contribution in [0, 0.1) is 11.8 Å². The zero-order valence-corrected chi connectivity index (χ0v) is 17.2. The Bertz CT molecular complexity index is 1130. The molecule has 8 nitrogen and oxygen atoms in total. The van der Waals surface area contributed by atoms with Gasteiger partial charge in [-0.15, -0.1) is 0 Å². The van der Waals surface area contributed by atoms with Gasteiger partial charge >= 0.3 is 5.69 Å². The molecule has 0 aliphatic carbocycles. The first-order valence-electron chi connectivity index (χ1n) is 9.92. The van der Waals surface area contributed by atoms with Crippen LogP contribution in [0.4, 0.5) is 17.5 Å². The summed E-state index contributed by atoms with van der Waals surface area (Å²) in [4.78, 5) is 26.4. The number of piperidine rings is 1. The highest BCUT2D eigenvalue weighted by atomic mass is 35.5. The smallest absolute Gasteiger partial charge is 0.326 e. The first-order chi connectivity index (χ1) is 14.0. The molecular weight excluding hydrogens is 392 g/mol. The summed E-state index contributed by atoms with van der Waals surface area (Å²) in [5, 5.41) is 3.71. The van der Waals surface area contributed by atoms with E-state index in [0.717, 1.165) is 29.8 Å². The van der Waals surface area contributed by atoms with Gasteiger partial charge in [-0.2, -0.15) is 4.98 Å². The van der Waals surface area contributed by atoms with Gasteiger partial charge in [-0.25, -0.2) is 9.78 Å². The second kappa shape index (κ2) is 6.95. The highest BCUT2D eigenvalue weighted by molar-refractivity contribution is 6.32. The molecule has 0 unspecified atom stereocenters. The van der Waals surface area contributed by atoms with Crippen molar-refractivity contribution in [3.63, 3.8) is 0 Å². The Balaban J connectivity index is 1.48. The van der Waals surface area contributed by atoms with E-state index in [1.54, 1.807) is 10.8 Å². The number of aromatic nitrogens is 4. The summed E-state index contributed by atoms with van der Waals surface area (Å²) in [6, 6.07) is 3.74. The fourth-order valence-corrected chi connectivity index (χ4v) is 4.61. The summed E-state index contributed by atoms with van der Waals surface area (Å²) in [7, 11) is 0. The molecule has 9 heteroatoms. The van der Waals surface area contributed by atoms with Gasteiger partial charge in [-0.05, 0) is 24.3 Å². The van der Waals surface area contributed by atoms with E-state index in [-0.39, 0.29) is 5.69 Å². The fourth-order valence-electron chi connectivity index (χ4n) is 4.47. The number of benzene rings is 1. The van der Waals surface area contributed by atoms with Crippen LogP contribution in [0.25, 0.3) is 11.0 Å². The molecule has 0 bridgehead atoms. The molecule has 0 amide bonds. The lowest BCUT2D eigenvalue weighted by atomic mass is 9.92. The summed E-state index contributed by atoms with van der Waals surface area (Å²) in [6.07, 6.45) is 2.85. The number of imidazole rings is 1. The summed E-state index contributed by atoms with van der Waals surface area (Å²) in [5.74, 6) is 3.07. The molecule has 2 N–H and O–H groups in total. The standard InChI is InChI=1S/C20H23ClN6O2/c1-11-5-12(2)10-26(9-11)19-22-8-14(21)18(25-19)23-13-6-15-17-16(7-13)29-4-3-27(17)20(28)24-15/h6-8,11-12H,3-5,9-10H2,1-2H3,(H,24,28)(H,22,23,25)/t11-,12+. The van der Waals surface area contributed by atoms with Crippen LogP contribution in [0.3, 0.4) is 0 Å². The highest BCUT2D eigenvalue weighted by Crippen LogP contribution is 2.34. The van der Waals surface area contributed by atoms with Crippen molar-refractivity contribution in [1.82, 2.24) is 19.5 Å².